The minimum absolute atomic E-state index is 0.00687. The van der Waals surface area contributed by atoms with Crippen LogP contribution in [0.25, 0.3) is 0 Å². The number of benzene rings is 1. The average molecular weight is 316 g/mol. The van der Waals surface area contributed by atoms with E-state index in [-0.39, 0.29) is 12.3 Å². The van der Waals surface area contributed by atoms with Crippen LogP contribution in [0.2, 0.25) is 0 Å². The molecule has 2 saturated heterocycles. The van der Waals surface area contributed by atoms with E-state index < -0.39 is 0 Å². The number of hydrogen-bond acceptors (Lipinski definition) is 5. The predicted molar refractivity (Wildman–Crippen MR) is 93.7 cm³/mol. The largest absolute Gasteiger partial charge is 0.487 e. The number of nitrogens with one attached hydrogen (secondary N) is 2. The molecule has 0 amide bonds. The lowest BCUT2D eigenvalue weighted by Gasteiger charge is -2.46. The zero-order valence-corrected chi connectivity index (χ0v) is 13.9. The minimum Gasteiger partial charge on any atom is -0.487 e. The van der Waals surface area contributed by atoms with Gasteiger partial charge in [0.2, 0.25) is 0 Å². The van der Waals surface area contributed by atoms with E-state index in [2.05, 4.69) is 34.4 Å². The van der Waals surface area contributed by atoms with Crippen molar-refractivity contribution in [2.45, 2.75) is 44.5 Å². The Morgan fingerprint density at radius 3 is 2.61 bits per heavy atom. The molecule has 2 N–H and O–H groups in total. The van der Waals surface area contributed by atoms with Crippen molar-refractivity contribution in [2.75, 3.05) is 19.6 Å². The standard InChI is InChI=1S/C18H28N4O/c1-14(23-16-6-4-3-5-7-16)18-21-13-10-17(22(18)19-2)15-8-11-20-12-9-15/h3-7,14-15,17-18,20-21H,2,8-13H2,1H3/t14?,17-,18?/m0/s1. The molecule has 126 valence electrons. The maximum atomic E-state index is 6.12. The first kappa shape index (κ1) is 16.3. The van der Waals surface area contributed by atoms with Gasteiger partial charge in [-0.3, -0.25) is 10.3 Å². The highest BCUT2D eigenvalue weighted by molar-refractivity contribution is 5.23. The highest BCUT2D eigenvalue weighted by Gasteiger charge is 2.37. The lowest BCUT2D eigenvalue weighted by molar-refractivity contribution is -0.0209. The lowest BCUT2D eigenvalue weighted by Crippen LogP contribution is -2.61. The second kappa shape index (κ2) is 7.79. The van der Waals surface area contributed by atoms with Crippen molar-refractivity contribution in [1.82, 2.24) is 15.6 Å². The number of ether oxygens (including phenoxy) is 1. The van der Waals surface area contributed by atoms with Crippen LogP contribution >= 0.6 is 0 Å². The molecule has 23 heavy (non-hydrogen) atoms. The minimum atomic E-state index is 0.00687. The highest BCUT2D eigenvalue weighted by atomic mass is 16.5. The van der Waals surface area contributed by atoms with Gasteiger partial charge in [-0.1, -0.05) is 18.2 Å². The van der Waals surface area contributed by atoms with Crippen molar-refractivity contribution in [1.29, 1.82) is 0 Å². The summed E-state index contributed by atoms with van der Waals surface area (Å²) in [4.78, 5) is 0. The summed E-state index contributed by atoms with van der Waals surface area (Å²) in [6, 6.07) is 10.4. The maximum Gasteiger partial charge on any atom is 0.134 e. The number of piperidine rings is 1. The van der Waals surface area contributed by atoms with Crippen LogP contribution in [-0.4, -0.2) is 49.7 Å². The van der Waals surface area contributed by atoms with Gasteiger partial charge in [-0.05, 0) is 63.9 Å². The van der Waals surface area contributed by atoms with Crippen LogP contribution in [0.15, 0.2) is 35.4 Å². The molecular weight excluding hydrogens is 288 g/mol. The topological polar surface area (TPSA) is 48.9 Å². The Morgan fingerprint density at radius 1 is 1.17 bits per heavy atom. The quantitative estimate of drug-likeness (QED) is 0.817. The molecule has 2 aliphatic heterocycles. The molecule has 1 aromatic rings. The van der Waals surface area contributed by atoms with Crippen LogP contribution in [0.5, 0.6) is 5.75 Å². The van der Waals surface area contributed by atoms with Gasteiger partial charge in [0.15, 0.2) is 0 Å². The second-order valence-corrected chi connectivity index (χ2v) is 6.50. The summed E-state index contributed by atoms with van der Waals surface area (Å²) in [5.41, 5.74) is 0. The second-order valence-electron chi connectivity index (χ2n) is 6.50. The van der Waals surface area contributed by atoms with Gasteiger partial charge in [-0.2, -0.15) is 5.10 Å². The van der Waals surface area contributed by atoms with Crippen molar-refractivity contribution in [3.63, 3.8) is 0 Å². The molecule has 5 heteroatoms. The number of rotatable bonds is 5. The Labute approximate surface area is 139 Å². The first-order valence-electron chi connectivity index (χ1n) is 8.70. The fraction of sp³-hybridized carbons (Fsp3) is 0.611. The third kappa shape index (κ3) is 3.85. The van der Waals surface area contributed by atoms with E-state index in [9.17, 15) is 0 Å². The summed E-state index contributed by atoms with van der Waals surface area (Å²) in [6.07, 6.45) is 3.64. The average Bonchev–Trinajstić information content (AvgIpc) is 2.62. The van der Waals surface area contributed by atoms with E-state index in [0.717, 1.165) is 31.8 Å². The molecule has 0 bridgehead atoms. The number of hydrogen-bond donors (Lipinski definition) is 2. The smallest absolute Gasteiger partial charge is 0.134 e. The molecule has 5 nitrogen and oxygen atoms in total. The van der Waals surface area contributed by atoms with Crippen LogP contribution < -0.4 is 15.4 Å². The van der Waals surface area contributed by atoms with Gasteiger partial charge in [-0.15, -0.1) is 0 Å². The Balaban J connectivity index is 1.68. The normalized spacial score (nSPS) is 27.4. The summed E-state index contributed by atoms with van der Waals surface area (Å²) in [5, 5.41) is 13.5. The van der Waals surface area contributed by atoms with Crippen molar-refractivity contribution < 1.29 is 4.74 Å². The maximum absolute atomic E-state index is 6.12. The molecule has 2 heterocycles. The molecular formula is C18H28N4O. The summed E-state index contributed by atoms with van der Waals surface area (Å²) in [6.45, 7) is 9.17. The van der Waals surface area contributed by atoms with Crippen LogP contribution in [0.4, 0.5) is 0 Å². The number of para-hydroxylation sites is 1. The van der Waals surface area contributed by atoms with Crippen LogP contribution in [0, 0.1) is 5.92 Å². The molecule has 0 saturated carbocycles. The molecule has 3 rings (SSSR count). The van der Waals surface area contributed by atoms with E-state index in [1.807, 2.05) is 30.3 Å². The Bertz CT molecular complexity index is 489. The first-order valence-corrected chi connectivity index (χ1v) is 8.70. The van der Waals surface area contributed by atoms with Gasteiger partial charge < -0.3 is 10.1 Å². The third-order valence-electron chi connectivity index (χ3n) is 5.02. The first-order chi connectivity index (χ1) is 11.3. The summed E-state index contributed by atoms with van der Waals surface area (Å²) >= 11 is 0. The van der Waals surface area contributed by atoms with E-state index in [0.29, 0.717) is 12.0 Å². The monoisotopic (exact) mass is 316 g/mol. The van der Waals surface area contributed by atoms with Gasteiger partial charge in [0, 0.05) is 6.72 Å². The van der Waals surface area contributed by atoms with E-state index in [4.69, 9.17) is 4.74 Å². The fourth-order valence-electron chi connectivity index (χ4n) is 3.84. The molecule has 0 radical (unpaired) electrons. The number of hydrazone groups is 1. The molecule has 0 aromatic heterocycles. The SMILES string of the molecule is C=NN1C(C(C)Oc2ccccc2)NCC[C@H]1C1CCNCC1. The molecule has 2 aliphatic rings. The zero-order valence-electron chi connectivity index (χ0n) is 13.9. The van der Waals surface area contributed by atoms with E-state index >= 15 is 0 Å². The lowest BCUT2D eigenvalue weighted by atomic mass is 9.86. The van der Waals surface area contributed by atoms with E-state index in [1.54, 1.807) is 0 Å². The van der Waals surface area contributed by atoms with Gasteiger partial charge in [0.1, 0.15) is 18.0 Å². The van der Waals surface area contributed by atoms with Crippen LogP contribution in [0.3, 0.4) is 0 Å². The van der Waals surface area contributed by atoms with Crippen molar-refractivity contribution in [2.24, 2.45) is 11.0 Å². The molecule has 1 aromatic carbocycles. The van der Waals surface area contributed by atoms with Gasteiger partial charge >= 0.3 is 0 Å². The van der Waals surface area contributed by atoms with E-state index in [1.165, 1.54) is 12.8 Å². The molecule has 0 spiro atoms. The van der Waals surface area contributed by atoms with Crippen molar-refractivity contribution in [3.05, 3.63) is 30.3 Å². The molecule has 2 fully saturated rings. The van der Waals surface area contributed by atoms with Crippen LogP contribution in [0.1, 0.15) is 26.2 Å². The van der Waals surface area contributed by atoms with Gasteiger partial charge in [0.25, 0.3) is 0 Å². The third-order valence-corrected chi connectivity index (χ3v) is 5.02. The Hall–Kier alpha value is -1.59. The van der Waals surface area contributed by atoms with Crippen molar-refractivity contribution in [3.8, 4) is 5.75 Å². The van der Waals surface area contributed by atoms with Gasteiger partial charge in [-0.25, -0.2) is 0 Å². The molecule has 2 unspecified atom stereocenters. The summed E-state index contributed by atoms with van der Waals surface area (Å²) in [5.74, 6) is 1.59. The Kier molecular flexibility index (Phi) is 5.51. The predicted octanol–water partition coefficient (Wildman–Crippen LogP) is 2.06. The van der Waals surface area contributed by atoms with Crippen LogP contribution in [-0.2, 0) is 0 Å². The highest BCUT2D eigenvalue weighted by Crippen LogP contribution is 2.28. The van der Waals surface area contributed by atoms with Crippen molar-refractivity contribution >= 4 is 6.72 Å². The van der Waals surface area contributed by atoms with Gasteiger partial charge in [0.05, 0.1) is 6.04 Å². The summed E-state index contributed by atoms with van der Waals surface area (Å²) < 4.78 is 6.12. The summed E-state index contributed by atoms with van der Waals surface area (Å²) in [7, 11) is 0. The molecule has 3 atom stereocenters. The Morgan fingerprint density at radius 2 is 1.91 bits per heavy atom. The zero-order chi connectivity index (χ0) is 16.1. The fourth-order valence-corrected chi connectivity index (χ4v) is 3.84. The number of nitrogens with zero attached hydrogens (tertiary/aromatic N) is 2. The molecule has 0 aliphatic carbocycles.